The maximum absolute atomic E-state index is 12.2. The molecular formula is C13H10ClN3O. The predicted molar refractivity (Wildman–Crippen MR) is 67.5 cm³/mol. The van der Waals surface area contributed by atoms with Gasteiger partial charge in [0.2, 0.25) is 5.78 Å². The number of carbonyl (C=O) groups excluding carboxylic acids is 1. The molecule has 0 spiro atoms. The van der Waals surface area contributed by atoms with Crippen molar-refractivity contribution in [3.8, 4) is 6.07 Å². The molecule has 0 radical (unpaired) electrons. The average molecular weight is 260 g/mol. The highest BCUT2D eigenvalue weighted by Crippen LogP contribution is 2.19. The zero-order valence-electron chi connectivity index (χ0n) is 9.72. The summed E-state index contributed by atoms with van der Waals surface area (Å²) in [5.74, 6) is -0.152. The van der Waals surface area contributed by atoms with Crippen LogP contribution in [-0.2, 0) is 6.54 Å². The van der Waals surface area contributed by atoms with Gasteiger partial charge in [0.1, 0.15) is 11.8 Å². The lowest BCUT2D eigenvalue weighted by atomic mass is 10.1. The van der Waals surface area contributed by atoms with E-state index in [2.05, 4.69) is 4.98 Å². The number of halogens is 1. The van der Waals surface area contributed by atoms with Gasteiger partial charge in [0.25, 0.3) is 0 Å². The van der Waals surface area contributed by atoms with E-state index in [0.29, 0.717) is 23.4 Å². The van der Waals surface area contributed by atoms with Crippen LogP contribution >= 0.6 is 11.6 Å². The number of hydrogen-bond donors (Lipinski definition) is 0. The van der Waals surface area contributed by atoms with Gasteiger partial charge in [-0.2, -0.15) is 5.26 Å². The van der Waals surface area contributed by atoms with Crippen molar-refractivity contribution in [2.45, 2.75) is 13.5 Å². The van der Waals surface area contributed by atoms with Crippen LogP contribution in [0.5, 0.6) is 0 Å². The summed E-state index contributed by atoms with van der Waals surface area (Å²) in [6.45, 7) is 2.61. The Kier molecular flexibility index (Phi) is 3.45. The Bertz CT molecular complexity index is 640. The van der Waals surface area contributed by atoms with Crippen molar-refractivity contribution in [3.63, 3.8) is 0 Å². The summed E-state index contributed by atoms with van der Waals surface area (Å²) >= 11 is 5.91. The summed E-state index contributed by atoms with van der Waals surface area (Å²) < 4.78 is 1.76. The monoisotopic (exact) mass is 259 g/mol. The highest BCUT2D eigenvalue weighted by atomic mass is 35.5. The summed E-state index contributed by atoms with van der Waals surface area (Å²) in [6, 6.07) is 6.61. The highest BCUT2D eigenvalue weighted by molar-refractivity contribution is 6.32. The number of aryl methyl sites for hydroxylation is 1. The van der Waals surface area contributed by atoms with Crippen molar-refractivity contribution in [2.75, 3.05) is 0 Å². The molecule has 0 unspecified atom stereocenters. The van der Waals surface area contributed by atoms with Crippen molar-refractivity contribution in [2.24, 2.45) is 0 Å². The SMILES string of the molecule is CCn1cncc1C(=O)c1ccc(C#N)c(Cl)c1. The number of nitrogens with zero attached hydrogens (tertiary/aromatic N) is 3. The smallest absolute Gasteiger partial charge is 0.211 e. The third-order valence-electron chi connectivity index (χ3n) is 2.64. The lowest BCUT2D eigenvalue weighted by Crippen LogP contribution is -2.08. The molecular weight excluding hydrogens is 250 g/mol. The van der Waals surface area contributed by atoms with Crippen LogP contribution in [0.25, 0.3) is 0 Å². The van der Waals surface area contributed by atoms with E-state index >= 15 is 0 Å². The molecule has 0 aliphatic carbocycles. The lowest BCUT2D eigenvalue weighted by molar-refractivity contribution is 0.103. The van der Waals surface area contributed by atoms with E-state index in [4.69, 9.17) is 16.9 Å². The summed E-state index contributed by atoms with van der Waals surface area (Å²) in [7, 11) is 0. The molecule has 2 aromatic rings. The van der Waals surface area contributed by atoms with Crippen LogP contribution in [0.15, 0.2) is 30.7 Å². The van der Waals surface area contributed by atoms with Gasteiger partial charge >= 0.3 is 0 Å². The van der Waals surface area contributed by atoms with Crippen molar-refractivity contribution < 1.29 is 4.79 Å². The minimum absolute atomic E-state index is 0.152. The topological polar surface area (TPSA) is 58.7 Å². The lowest BCUT2D eigenvalue weighted by Gasteiger charge is -2.05. The van der Waals surface area contributed by atoms with E-state index in [1.807, 2.05) is 13.0 Å². The second-order valence-electron chi connectivity index (χ2n) is 3.70. The Morgan fingerprint density at radius 1 is 1.56 bits per heavy atom. The molecule has 0 saturated carbocycles. The molecule has 0 amide bonds. The number of carbonyl (C=O) groups is 1. The van der Waals surface area contributed by atoms with E-state index < -0.39 is 0 Å². The van der Waals surface area contributed by atoms with E-state index in [1.54, 1.807) is 23.0 Å². The predicted octanol–water partition coefficient (Wildman–Crippen LogP) is 2.66. The first-order chi connectivity index (χ1) is 8.67. The van der Waals surface area contributed by atoms with Gasteiger partial charge in [0.05, 0.1) is 23.1 Å². The highest BCUT2D eigenvalue weighted by Gasteiger charge is 2.14. The first-order valence-electron chi connectivity index (χ1n) is 5.41. The average Bonchev–Trinajstić information content (AvgIpc) is 2.86. The van der Waals surface area contributed by atoms with Gasteiger partial charge in [-0.15, -0.1) is 0 Å². The van der Waals surface area contributed by atoms with Gasteiger partial charge in [-0.05, 0) is 25.1 Å². The van der Waals surface area contributed by atoms with E-state index in [1.165, 1.54) is 12.3 Å². The zero-order valence-corrected chi connectivity index (χ0v) is 10.5. The Hall–Kier alpha value is -2.12. The normalized spacial score (nSPS) is 10.1. The van der Waals surface area contributed by atoms with Crippen LogP contribution in [0.3, 0.4) is 0 Å². The minimum atomic E-state index is -0.152. The molecule has 18 heavy (non-hydrogen) atoms. The molecule has 4 nitrogen and oxygen atoms in total. The van der Waals surface area contributed by atoms with Gasteiger partial charge in [0.15, 0.2) is 0 Å². The second-order valence-corrected chi connectivity index (χ2v) is 4.11. The maximum Gasteiger partial charge on any atom is 0.211 e. The summed E-state index contributed by atoms with van der Waals surface area (Å²) in [5, 5.41) is 9.06. The number of hydrogen-bond acceptors (Lipinski definition) is 3. The standard InChI is InChI=1S/C13H10ClN3O/c1-2-17-8-16-7-12(17)13(18)9-3-4-10(6-15)11(14)5-9/h3-5,7-8H,2H2,1H3. The molecule has 1 aromatic carbocycles. The van der Waals surface area contributed by atoms with Crippen LogP contribution in [0, 0.1) is 11.3 Å². The molecule has 0 aliphatic heterocycles. The molecule has 2 rings (SSSR count). The van der Waals surface area contributed by atoms with Crippen molar-refractivity contribution in [1.82, 2.24) is 9.55 Å². The fraction of sp³-hybridized carbons (Fsp3) is 0.154. The summed E-state index contributed by atoms with van der Waals surface area (Å²) in [6.07, 6.45) is 3.14. The number of imidazole rings is 1. The first kappa shape index (κ1) is 12.3. The Balaban J connectivity index is 2.41. The second kappa shape index (κ2) is 5.03. The van der Waals surface area contributed by atoms with Crippen LogP contribution in [-0.4, -0.2) is 15.3 Å². The Labute approximate surface area is 109 Å². The quantitative estimate of drug-likeness (QED) is 0.796. The van der Waals surface area contributed by atoms with Gasteiger partial charge in [-0.1, -0.05) is 11.6 Å². The molecule has 0 atom stereocenters. The largest absolute Gasteiger partial charge is 0.328 e. The van der Waals surface area contributed by atoms with Crippen molar-refractivity contribution >= 4 is 17.4 Å². The number of aromatic nitrogens is 2. The van der Waals surface area contributed by atoms with E-state index in [-0.39, 0.29) is 10.8 Å². The summed E-state index contributed by atoms with van der Waals surface area (Å²) in [5.41, 5.74) is 1.32. The molecule has 90 valence electrons. The third kappa shape index (κ3) is 2.13. The molecule has 0 fully saturated rings. The number of nitriles is 1. The molecule has 5 heteroatoms. The van der Waals surface area contributed by atoms with Crippen LogP contribution in [0.4, 0.5) is 0 Å². The van der Waals surface area contributed by atoms with Gasteiger partial charge in [0, 0.05) is 12.1 Å². The van der Waals surface area contributed by atoms with Crippen molar-refractivity contribution in [3.05, 3.63) is 52.6 Å². The van der Waals surface area contributed by atoms with Crippen LogP contribution in [0.2, 0.25) is 5.02 Å². The third-order valence-corrected chi connectivity index (χ3v) is 2.95. The molecule has 0 N–H and O–H groups in total. The molecule has 0 aliphatic rings. The number of benzene rings is 1. The van der Waals surface area contributed by atoms with Gasteiger partial charge in [-0.3, -0.25) is 4.79 Å². The Morgan fingerprint density at radius 2 is 2.33 bits per heavy atom. The van der Waals surface area contributed by atoms with E-state index in [9.17, 15) is 4.79 Å². The minimum Gasteiger partial charge on any atom is -0.328 e. The number of rotatable bonds is 3. The molecule has 1 heterocycles. The van der Waals surface area contributed by atoms with Crippen LogP contribution in [0.1, 0.15) is 28.5 Å². The molecule has 1 aromatic heterocycles. The fourth-order valence-electron chi connectivity index (χ4n) is 1.66. The summed E-state index contributed by atoms with van der Waals surface area (Å²) in [4.78, 5) is 16.2. The van der Waals surface area contributed by atoms with Gasteiger partial charge in [-0.25, -0.2) is 4.98 Å². The maximum atomic E-state index is 12.2. The zero-order chi connectivity index (χ0) is 13.1. The Morgan fingerprint density at radius 3 is 2.94 bits per heavy atom. The van der Waals surface area contributed by atoms with Crippen LogP contribution < -0.4 is 0 Å². The van der Waals surface area contributed by atoms with E-state index in [0.717, 1.165) is 0 Å². The molecule has 0 saturated heterocycles. The fourth-order valence-corrected chi connectivity index (χ4v) is 1.88. The first-order valence-corrected chi connectivity index (χ1v) is 5.79. The number of ketones is 1. The molecule has 0 bridgehead atoms. The van der Waals surface area contributed by atoms with Gasteiger partial charge < -0.3 is 4.57 Å². The van der Waals surface area contributed by atoms with Crippen molar-refractivity contribution in [1.29, 1.82) is 5.26 Å².